The number of aryl methyl sites for hydroxylation is 1. The smallest absolute Gasteiger partial charge is 0.195 e. The van der Waals surface area contributed by atoms with Crippen molar-refractivity contribution in [1.29, 1.82) is 0 Å². The first-order valence-electron chi connectivity index (χ1n) is 5.53. The molecule has 0 radical (unpaired) electrons. The largest absolute Gasteiger partial charge is 0.440 e. The van der Waals surface area contributed by atoms with Gasteiger partial charge in [-0.25, -0.2) is 0 Å². The third kappa shape index (κ3) is 2.97. The number of anilines is 1. The molecule has 0 N–H and O–H groups in total. The summed E-state index contributed by atoms with van der Waals surface area (Å²) in [6.07, 6.45) is 1.73. The van der Waals surface area contributed by atoms with E-state index in [4.69, 9.17) is 4.42 Å². The van der Waals surface area contributed by atoms with E-state index in [-0.39, 0.29) is 0 Å². The van der Waals surface area contributed by atoms with Crippen LogP contribution in [0.1, 0.15) is 11.3 Å². The maximum absolute atomic E-state index is 5.57. The van der Waals surface area contributed by atoms with Gasteiger partial charge in [0, 0.05) is 20.2 Å². The lowest BCUT2D eigenvalue weighted by atomic mass is 10.2. The molecule has 0 atom stereocenters. The molecule has 0 amide bonds. The number of furan rings is 1. The molecular formula is C14H16N2O. The summed E-state index contributed by atoms with van der Waals surface area (Å²) in [6, 6.07) is 11.9. The summed E-state index contributed by atoms with van der Waals surface area (Å²) in [5.74, 6) is 1.59. The lowest BCUT2D eigenvalue weighted by Crippen LogP contribution is -2.06. The summed E-state index contributed by atoms with van der Waals surface area (Å²) in [4.78, 5) is 6.27. The summed E-state index contributed by atoms with van der Waals surface area (Å²) in [5.41, 5.74) is 2.16. The molecule has 1 aromatic heterocycles. The van der Waals surface area contributed by atoms with Gasteiger partial charge in [0.15, 0.2) is 5.88 Å². The van der Waals surface area contributed by atoms with Crippen LogP contribution < -0.4 is 4.90 Å². The zero-order valence-electron chi connectivity index (χ0n) is 10.3. The van der Waals surface area contributed by atoms with Crippen molar-refractivity contribution in [2.45, 2.75) is 6.92 Å². The predicted octanol–water partition coefficient (Wildman–Crippen LogP) is 3.40. The van der Waals surface area contributed by atoms with E-state index in [1.54, 1.807) is 6.21 Å². The van der Waals surface area contributed by atoms with Crippen molar-refractivity contribution in [3.05, 3.63) is 47.7 Å². The summed E-state index contributed by atoms with van der Waals surface area (Å²) in [5, 5.41) is 0. The highest BCUT2D eigenvalue weighted by Gasteiger charge is 2.00. The molecule has 2 aromatic rings. The van der Waals surface area contributed by atoms with Crippen LogP contribution in [-0.2, 0) is 0 Å². The molecule has 0 saturated heterocycles. The van der Waals surface area contributed by atoms with Crippen LogP contribution in [0.15, 0.2) is 45.8 Å². The minimum atomic E-state index is 0.759. The van der Waals surface area contributed by atoms with Crippen molar-refractivity contribution in [3.63, 3.8) is 0 Å². The Morgan fingerprint density at radius 2 is 1.76 bits per heavy atom. The summed E-state index contributed by atoms with van der Waals surface area (Å²) >= 11 is 0. The highest BCUT2D eigenvalue weighted by Crippen LogP contribution is 2.16. The minimum Gasteiger partial charge on any atom is -0.440 e. The molecule has 0 aliphatic rings. The topological polar surface area (TPSA) is 28.7 Å². The molecule has 3 heteroatoms. The van der Waals surface area contributed by atoms with Gasteiger partial charge in [0.05, 0.1) is 11.9 Å². The quantitative estimate of drug-likeness (QED) is 0.753. The highest BCUT2D eigenvalue weighted by atomic mass is 16.4. The van der Waals surface area contributed by atoms with E-state index in [9.17, 15) is 0 Å². The van der Waals surface area contributed by atoms with E-state index in [0.717, 1.165) is 17.3 Å². The fraction of sp³-hybridized carbons (Fsp3) is 0.214. The summed E-state index contributed by atoms with van der Waals surface area (Å²) in [6.45, 7) is 2.06. The van der Waals surface area contributed by atoms with Crippen LogP contribution in [0.3, 0.4) is 0 Å². The molecule has 0 fully saturated rings. The normalized spacial score (nSPS) is 11.0. The number of nitrogens with zero attached hydrogens (tertiary/aromatic N) is 2. The van der Waals surface area contributed by atoms with Gasteiger partial charge >= 0.3 is 0 Å². The minimum absolute atomic E-state index is 0.759. The molecule has 0 saturated carbocycles. The van der Waals surface area contributed by atoms with Crippen molar-refractivity contribution in [2.75, 3.05) is 19.0 Å². The molecule has 0 aliphatic carbocycles. The van der Waals surface area contributed by atoms with Crippen molar-refractivity contribution in [2.24, 2.45) is 4.99 Å². The Hall–Kier alpha value is -2.03. The molecule has 1 aromatic carbocycles. The number of hydrogen-bond acceptors (Lipinski definition) is 3. The number of benzene rings is 1. The summed E-state index contributed by atoms with van der Waals surface area (Å²) in [7, 11) is 3.89. The molecule has 88 valence electrons. The Morgan fingerprint density at radius 1 is 1.06 bits per heavy atom. The summed E-state index contributed by atoms with van der Waals surface area (Å²) < 4.78 is 5.57. The van der Waals surface area contributed by atoms with Gasteiger partial charge in [-0.3, -0.25) is 4.99 Å². The number of aliphatic imine (C=N–C) groups is 1. The molecule has 3 nitrogen and oxygen atoms in total. The first-order valence-corrected chi connectivity index (χ1v) is 5.53. The van der Waals surface area contributed by atoms with Gasteiger partial charge in [-0.2, -0.15) is 0 Å². The Kier molecular flexibility index (Phi) is 3.28. The molecule has 1 heterocycles. The van der Waals surface area contributed by atoms with Crippen LogP contribution in [0.2, 0.25) is 0 Å². The first kappa shape index (κ1) is 11.5. The van der Waals surface area contributed by atoms with Gasteiger partial charge < -0.3 is 9.32 Å². The van der Waals surface area contributed by atoms with E-state index < -0.39 is 0 Å². The second-order valence-corrected chi connectivity index (χ2v) is 4.16. The lowest BCUT2D eigenvalue weighted by molar-refractivity contribution is 0.558. The van der Waals surface area contributed by atoms with Crippen LogP contribution in [0, 0.1) is 6.92 Å². The lowest BCUT2D eigenvalue weighted by Gasteiger charge is -2.05. The zero-order chi connectivity index (χ0) is 12.3. The van der Waals surface area contributed by atoms with E-state index in [1.165, 1.54) is 5.56 Å². The average Bonchev–Trinajstić information content (AvgIpc) is 2.77. The van der Waals surface area contributed by atoms with Crippen LogP contribution in [0.4, 0.5) is 11.6 Å². The Bertz CT molecular complexity index is 509. The fourth-order valence-electron chi connectivity index (χ4n) is 1.42. The highest BCUT2D eigenvalue weighted by molar-refractivity contribution is 5.79. The monoisotopic (exact) mass is 228 g/mol. The molecular weight excluding hydrogens is 212 g/mol. The maximum atomic E-state index is 5.57. The standard InChI is InChI=1S/C14H16N2O/c1-11-4-6-12(7-5-11)15-10-13-8-9-14(17-13)16(2)3/h4-10H,1-3H3. The van der Waals surface area contributed by atoms with Crippen LogP contribution in [0.5, 0.6) is 0 Å². The van der Waals surface area contributed by atoms with E-state index in [2.05, 4.69) is 11.9 Å². The van der Waals surface area contributed by atoms with Gasteiger partial charge in [-0.05, 0) is 25.1 Å². The Labute approximate surface area is 101 Å². The van der Waals surface area contributed by atoms with Gasteiger partial charge in [-0.15, -0.1) is 0 Å². The van der Waals surface area contributed by atoms with Gasteiger partial charge in [0.2, 0.25) is 0 Å². The molecule has 0 spiro atoms. The molecule has 17 heavy (non-hydrogen) atoms. The van der Waals surface area contributed by atoms with Gasteiger partial charge in [-0.1, -0.05) is 17.7 Å². The van der Waals surface area contributed by atoms with Crippen molar-refractivity contribution in [1.82, 2.24) is 0 Å². The molecule has 0 aliphatic heterocycles. The van der Waals surface area contributed by atoms with Crippen molar-refractivity contribution >= 4 is 17.8 Å². The van der Waals surface area contributed by atoms with Gasteiger partial charge in [0.1, 0.15) is 5.76 Å². The Balaban J connectivity index is 2.11. The van der Waals surface area contributed by atoms with E-state index in [1.807, 2.05) is 55.4 Å². The van der Waals surface area contributed by atoms with Crippen LogP contribution >= 0.6 is 0 Å². The van der Waals surface area contributed by atoms with Gasteiger partial charge in [0.25, 0.3) is 0 Å². The Morgan fingerprint density at radius 3 is 2.35 bits per heavy atom. The number of rotatable bonds is 3. The molecule has 0 unspecified atom stereocenters. The van der Waals surface area contributed by atoms with Crippen LogP contribution in [0.25, 0.3) is 0 Å². The van der Waals surface area contributed by atoms with E-state index in [0.29, 0.717) is 0 Å². The second-order valence-electron chi connectivity index (χ2n) is 4.16. The maximum Gasteiger partial charge on any atom is 0.195 e. The average molecular weight is 228 g/mol. The van der Waals surface area contributed by atoms with Crippen molar-refractivity contribution < 1.29 is 4.42 Å². The van der Waals surface area contributed by atoms with Crippen LogP contribution in [-0.4, -0.2) is 20.3 Å². The third-order valence-electron chi connectivity index (χ3n) is 2.43. The molecule has 0 bridgehead atoms. The van der Waals surface area contributed by atoms with E-state index >= 15 is 0 Å². The zero-order valence-corrected chi connectivity index (χ0v) is 10.3. The third-order valence-corrected chi connectivity index (χ3v) is 2.43. The first-order chi connectivity index (χ1) is 8.15. The second kappa shape index (κ2) is 4.87. The number of hydrogen-bond donors (Lipinski definition) is 0. The fourth-order valence-corrected chi connectivity index (χ4v) is 1.42. The molecule has 2 rings (SSSR count). The van der Waals surface area contributed by atoms with Crippen molar-refractivity contribution in [3.8, 4) is 0 Å². The predicted molar refractivity (Wildman–Crippen MR) is 71.5 cm³/mol. The SMILES string of the molecule is Cc1ccc(N=Cc2ccc(N(C)C)o2)cc1.